The molecule has 0 aliphatic carbocycles. The normalized spacial score (nSPS) is 11.6. The van der Waals surface area contributed by atoms with Gasteiger partial charge in [-0.1, -0.05) is 97.1 Å². The van der Waals surface area contributed by atoms with Crippen LogP contribution in [0.25, 0.3) is 93.6 Å². The van der Waals surface area contributed by atoms with E-state index in [9.17, 15) is 10.5 Å². The van der Waals surface area contributed by atoms with Crippen LogP contribution < -0.4 is 0 Å². The fourth-order valence-electron chi connectivity index (χ4n) is 8.81. The molecule has 0 saturated carbocycles. The van der Waals surface area contributed by atoms with E-state index in [1.165, 1.54) is 10.8 Å². The van der Waals surface area contributed by atoms with Crippen molar-refractivity contribution in [3.05, 3.63) is 187 Å². The Kier molecular flexibility index (Phi) is 6.61. The van der Waals surface area contributed by atoms with Crippen LogP contribution >= 0.6 is 0 Å². The van der Waals surface area contributed by atoms with Crippen LogP contribution in [0.4, 0.5) is 0 Å². The Bertz CT molecular complexity index is 3400. The van der Waals surface area contributed by atoms with Crippen molar-refractivity contribution in [2.75, 3.05) is 0 Å². The first-order valence-electron chi connectivity index (χ1n) is 18.3. The number of aromatic nitrogens is 3. The Morgan fingerprint density at radius 2 is 0.855 bits per heavy atom. The van der Waals surface area contributed by atoms with Crippen LogP contribution in [0.2, 0.25) is 0 Å². The molecule has 0 aliphatic heterocycles. The lowest BCUT2D eigenvalue weighted by Gasteiger charge is -2.13. The van der Waals surface area contributed by atoms with E-state index in [0.717, 1.165) is 82.8 Å². The Labute approximate surface area is 316 Å². The summed E-state index contributed by atoms with van der Waals surface area (Å²) < 4.78 is 6.91. The second-order valence-electron chi connectivity index (χ2n) is 14.0. The predicted octanol–water partition coefficient (Wildman–Crippen LogP) is 12.4. The summed E-state index contributed by atoms with van der Waals surface area (Å²) in [6.07, 6.45) is 0. The molecule has 55 heavy (non-hydrogen) atoms. The van der Waals surface area contributed by atoms with Crippen molar-refractivity contribution in [2.24, 2.45) is 0 Å². The van der Waals surface area contributed by atoms with Crippen LogP contribution in [0.3, 0.4) is 0 Å². The van der Waals surface area contributed by atoms with Gasteiger partial charge in [-0.05, 0) is 90.0 Å². The van der Waals surface area contributed by atoms with E-state index in [1.807, 2.05) is 36.4 Å². The molecular weight excluding hydrogens is 671 g/mol. The number of para-hydroxylation sites is 4. The molecule has 5 heteroatoms. The minimum absolute atomic E-state index is 0.590. The third kappa shape index (κ3) is 4.45. The summed E-state index contributed by atoms with van der Waals surface area (Å²) in [5, 5.41) is 27.1. The second kappa shape index (κ2) is 11.8. The van der Waals surface area contributed by atoms with E-state index < -0.39 is 0 Å². The average Bonchev–Trinajstić information content (AvgIpc) is 3.89. The summed E-state index contributed by atoms with van der Waals surface area (Å²) in [6, 6.07) is 65.9. The van der Waals surface area contributed by atoms with Gasteiger partial charge in [0.25, 0.3) is 0 Å². The van der Waals surface area contributed by atoms with Gasteiger partial charge in [0, 0.05) is 43.7 Å². The molecule has 0 N–H and O–H groups in total. The highest BCUT2D eigenvalue weighted by Crippen LogP contribution is 2.41. The Hall–Kier alpha value is -7.86. The van der Waals surface area contributed by atoms with Gasteiger partial charge in [-0.15, -0.1) is 0 Å². The molecule has 0 aliphatic rings. The number of hydrogen-bond acceptors (Lipinski definition) is 2. The predicted molar refractivity (Wildman–Crippen MR) is 224 cm³/mol. The highest BCUT2D eigenvalue weighted by Gasteiger charge is 2.20. The maximum absolute atomic E-state index is 10.4. The summed E-state index contributed by atoms with van der Waals surface area (Å²) in [6.45, 7) is 0. The lowest BCUT2D eigenvalue weighted by Crippen LogP contribution is -1.98. The molecule has 11 aromatic rings. The number of rotatable bonds is 4. The molecule has 3 aromatic heterocycles. The molecule has 0 atom stereocenters. The minimum Gasteiger partial charge on any atom is -0.309 e. The fraction of sp³-hybridized carbons (Fsp3) is 0. The molecule has 254 valence electrons. The van der Waals surface area contributed by atoms with E-state index in [4.69, 9.17) is 0 Å². The third-order valence-corrected chi connectivity index (χ3v) is 11.1. The molecule has 0 amide bonds. The van der Waals surface area contributed by atoms with Crippen molar-refractivity contribution in [2.45, 2.75) is 0 Å². The van der Waals surface area contributed by atoms with E-state index in [1.54, 1.807) is 0 Å². The molecule has 8 aromatic carbocycles. The summed E-state index contributed by atoms with van der Waals surface area (Å²) in [5.41, 5.74) is 12.8. The van der Waals surface area contributed by atoms with Crippen molar-refractivity contribution >= 4 is 65.4 Å². The second-order valence-corrected chi connectivity index (χ2v) is 14.0. The number of nitrogens with zero attached hydrogens (tertiary/aromatic N) is 5. The first kappa shape index (κ1) is 30.7. The zero-order valence-electron chi connectivity index (χ0n) is 29.5. The van der Waals surface area contributed by atoms with Crippen molar-refractivity contribution < 1.29 is 0 Å². The minimum atomic E-state index is 0.590. The maximum atomic E-state index is 10.4. The highest BCUT2D eigenvalue weighted by atomic mass is 15.0. The van der Waals surface area contributed by atoms with Crippen molar-refractivity contribution in [3.8, 4) is 40.3 Å². The summed E-state index contributed by atoms with van der Waals surface area (Å²) in [7, 11) is 0. The summed E-state index contributed by atoms with van der Waals surface area (Å²) in [5.74, 6) is 0. The Balaban J connectivity index is 1.10. The van der Waals surface area contributed by atoms with Gasteiger partial charge >= 0.3 is 0 Å². The summed E-state index contributed by atoms with van der Waals surface area (Å²) >= 11 is 0. The van der Waals surface area contributed by atoms with Gasteiger partial charge in [-0.2, -0.15) is 10.5 Å². The van der Waals surface area contributed by atoms with E-state index in [-0.39, 0.29) is 0 Å². The fourth-order valence-corrected chi connectivity index (χ4v) is 8.81. The van der Waals surface area contributed by atoms with Crippen molar-refractivity contribution in [3.63, 3.8) is 0 Å². The van der Waals surface area contributed by atoms with Crippen LogP contribution in [-0.2, 0) is 0 Å². The molecular formula is C50H29N5. The summed E-state index contributed by atoms with van der Waals surface area (Å²) in [4.78, 5) is 0. The van der Waals surface area contributed by atoms with E-state index in [2.05, 4.69) is 165 Å². The van der Waals surface area contributed by atoms with Crippen molar-refractivity contribution in [1.82, 2.24) is 13.7 Å². The Morgan fingerprint density at radius 3 is 1.47 bits per heavy atom. The van der Waals surface area contributed by atoms with Gasteiger partial charge < -0.3 is 13.7 Å². The molecule has 0 unspecified atom stereocenters. The molecule has 11 rings (SSSR count). The van der Waals surface area contributed by atoms with Crippen LogP contribution in [0, 0.1) is 22.7 Å². The third-order valence-electron chi connectivity index (χ3n) is 11.1. The van der Waals surface area contributed by atoms with Gasteiger partial charge in [0.05, 0.1) is 62.1 Å². The molecule has 0 radical (unpaired) electrons. The van der Waals surface area contributed by atoms with Gasteiger partial charge in [0.2, 0.25) is 0 Å². The average molecular weight is 700 g/mol. The van der Waals surface area contributed by atoms with Gasteiger partial charge in [0.1, 0.15) is 0 Å². The van der Waals surface area contributed by atoms with Crippen LogP contribution in [-0.4, -0.2) is 13.7 Å². The molecule has 3 heterocycles. The largest absolute Gasteiger partial charge is 0.309 e. The molecule has 0 fully saturated rings. The number of hydrogen-bond donors (Lipinski definition) is 0. The molecule has 0 spiro atoms. The smallest absolute Gasteiger partial charge is 0.0998 e. The molecule has 5 nitrogen and oxygen atoms in total. The number of fused-ring (bicyclic) bond motifs is 9. The van der Waals surface area contributed by atoms with Crippen LogP contribution in [0.15, 0.2) is 176 Å². The monoisotopic (exact) mass is 699 g/mol. The lowest BCUT2D eigenvalue weighted by atomic mass is 10.0. The van der Waals surface area contributed by atoms with E-state index in [0.29, 0.717) is 11.1 Å². The van der Waals surface area contributed by atoms with E-state index >= 15 is 0 Å². The quantitative estimate of drug-likeness (QED) is 0.184. The number of nitriles is 2. The molecule has 0 saturated heterocycles. The first-order valence-corrected chi connectivity index (χ1v) is 18.3. The van der Waals surface area contributed by atoms with Gasteiger partial charge in [0.15, 0.2) is 0 Å². The molecule has 0 bridgehead atoms. The highest BCUT2D eigenvalue weighted by molar-refractivity contribution is 6.16. The maximum Gasteiger partial charge on any atom is 0.0998 e. The zero-order chi connectivity index (χ0) is 36.6. The van der Waals surface area contributed by atoms with Crippen LogP contribution in [0.1, 0.15) is 11.1 Å². The van der Waals surface area contributed by atoms with Crippen molar-refractivity contribution in [1.29, 1.82) is 10.5 Å². The SMILES string of the molecule is N#Cc1cc(-c2ccc(-n3c4ccccc4c4c(C#N)cccc43)cc2)cc(-n2c3ccccc3c3c(-n4c5ccccc5c5ccccc54)cccc32)c1. The standard InChI is InChI=1S/C50H29N5/c51-30-32-27-35(33-23-25-36(26-24-33)53-44-18-7-3-14-40(44)49-34(31-52)11-9-20-46(49)53)29-37(28-32)54-45-19-8-4-15-41(45)50-47(54)21-10-22-48(50)55-42-16-5-1-12-38(42)39-13-2-6-17-43(39)55/h1-29H. The topological polar surface area (TPSA) is 62.4 Å². The van der Waals surface area contributed by atoms with Gasteiger partial charge in [-0.25, -0.2) is 0 Å². The Morgan fingerprint density at radius 1 is 0.345 bits per heavy atom. The first-order chi connectivity index (χ1) is 27.2. The van der Waals surface area contributed by atoms with Gasteiger partial charge in [-0.3, -0.25) is 0 Å². The van der Waals surface area contributed by atoms with Crippen LogP contribution in [0.5, 0.6) is 0 Å². The number of benzene rings is 8. The lowest BCUT2D eigenvalue weighted by molar-refractivity contribution is 1.17. The zero-order valence-corrected chi connectivity index (χ0v) is 29.5.